The molecule has 8 nitrogen and oxygen atoms in total. The number of hydrogen-bond acceptors (Lipinski definition) is 8. The molecule has 0 saturated heterocycles. The van der Waals surface area contributed by atoms with E-state index in [1.54, 1.807) is 7.11 Å². The summed E-state index contributed by atoms with van der Waals surface area (Å²) in [5, 5.41) is 6.63. The van der Waals surface area contributed by atoms with Gasteiger partial charge in [-0.2, -0.15) is 4.98 Å². The van der Waals surface area contributed by atoms with Gasteiger partial charge in [0, 0.05) is 45.9 Å². The summed E-state index contributed by atoms with van der Waals surface area (Å²) in [6, 6.07) is 12.7. The highest BCUT2D eigenvalue weighted by Gasteiger charge is 2.42. The molecule has 0 aliphatic carbocycles. The van der Waals surface area contributed by atoms with E-state index in [0.29, 0.717) is 19.1 Å². The van der Waals surface area contributed by atoms with Crippen LogP contribution >= 0.6 is 0 Å². The Morgan fingerprint density at radius 2 is 1.93 bits per heavy atom. The van der Waals surface area contributed by atoms with Crippen molar-refractivity contribution >= 4 is 23.3 Å². The van der Waals surface area contributed by atoms with Gasteiger partial charge in [-0.25, -0.2) is 9.97 Å². The van der Waals surface area contributed by atoms with Crippen molar-refractivity contribution in [3.8, 4) is 0 Å². The molecule has 1 aliphatic rings. The number of aromatic nitrogens is 3. The van der Waals surface area contributed by atoms with E-state index in [0.717, 1.165) is 48.1 Å². The summed E-state index contributed by atoms with van der Waals surface area (Å²) in [5.41, 5.74) is 5.54. The molecule has 0 bridgehead atoms. The summed E-state index contributed by atoms with van der Waals surface area (Å²) in [5.74, 6) is 2.34. The minimum atomic E-state index is -0.229. The van der Waals surface area contributed by atoms with E-state index >= 15 is 0 Å². The summed E-state index contributed by atoms with van der Waals surface area (Å²) >= 11 is 0. The molecule has 0 radical (unpaired) electrons. The smallest absolute Gasteiger partial charge is 0.229 e. The predicted molar refractivity (Wildman–Crippen MR) is 176 cm³/mol. The lowest BCUT2D eigenvalue weighted by Gasteiger charge is -2.24. The molecule has 41 heavy (non-hydrogen) atoms. The molecular weight excluding hydrogens is 510 g/mol. The summed E-state index contributed by atoms with van der Waals surface area (Å²) in [6.07, 6.45) is 6.69. The number of fused-ring (bicyclic) bond motifs is 1. The van der Waals surface area contributed by atoms with Crippen molar-refractivity contribution in [3.63, 3.8) is 0 Å². The van der Waals surface area contributed by atoms with Crippen LogP contribution in [0.1, 0.15) is 72.2 Å². The number of rotatable bonds is 14. The van der Waals surface area contributed by atoms with Gasteiger partial charge >= 0.3 is 0 Å². The lowest BCUT2D eigenvalue weighted by atomic mass is 9.87. The third-order valence-electron chi connectivity index (χ3n) is 7.51. The average molecular weight is 566 g/mol. The third kappa shape index (κ3) is 8.47. The first-order valence-electron chi connectivity index (χ1n) is 15.2. The molecule has 3 heterocycles. The average Bonchev–Trinajstić information content (AvgIpc) is 3.25. The van der Waals surface area contributed by atoms with Crippen molar-refractivity contribution in [3.05, 3.63) is 65.0 Å². The monoisotopic (exact) mass is 565 g/mol. The molecule has 1 aliphatic heterocycles. The lowest BCUT2D eigenvalue weighted by molar-refractivity contribution is 0.145. The Hall–Kier alpha value is -3.07. The van der Waals surface area contributed by atoms with Crippen LogP contribution in [0.15, 0.2) is 42.6 Å². The number of benzene rings is 1. The van der Waals surface area contributed by atoms with Crippen molar-refractivity contribution in [2.75, 3.05) is 57.7 Å². The van der Waals surface area contributed by atoms with Crippen LogP contribution in [0.4, 0.5) is 23.3 Å². The Balaban J connectivity index is 0.00000226. The number of anilines is 4. The summed E-state index contributed by atoms with van der Waals surface area (Å²) in [4.78, 5) is 19.2. The maximum atomic E-state index is 5.61. The Kier molecular flexibility index (Phi) is 12.5. The molecule has 0 saturated carbocycles. The normalized spacial score (nSPS) is 16.0. The van der Waals surface area contributed by atoms with E-state index in [4.69, 9.17) is 19.7 Å². The summed E-state index contributed by atoms with van der Waals surface area (Å²) in [7, 11) is 5.89. The topological polar surface area (TPSA) is 78.4 Å². The summed E-state index contributed by atoms with van der Waals surface area (Å²) in [6.45, 7) is 15.0. The Bertz CT molecular complexity index is 1250. The quantitative estimate of drug-likeness (QED) is 0.205. The molecule has 3 aromatic rings. The maximum absolute atomic E-state index is 5.61. The standard InChI is InChI=1S/C31H45N7O.C2H6.2H2/c1-7-16-37(5)17-9-8-11-24-14-15-25(18-23(24)2)35-30-33-20-27-29(36-30)38(21-31(27,3)22-39-6)28-13-10-12-26(34-28)19-32-4;1-2;;/h10,12-15,18,20,32H,7-9,11,16-17,19,21-22H2,1-6H3,(H,33,35,36);1-2H3;2*1H/t31-;;;/m1.../s1. The van der Waals surface area contributed by atoms with E-state index in [1.165, 1.54) is 36.9 Å². The van der Waals surface area contributed by atoms with Crippen LogP contribution in [0, 0.1) is 6.92 Å². The van der Waals surface area contributed by atoms with Gasteiger partial charge in [0.1, 0.15) is 11.6 Å². The Morgan fingerprint density at radius 3 is 2.63 bits per heavy atom. The minimum Gasteiger partial charge on any atom is -0.384 e. The van der Waals surface area contributed by atoms with E-state index in [-0.39, 0.29) is 8.27 Å². The second kappa shape index (κ2) is 15.8. The van der Waals surface area contributed by atoms with Gasteiger partial charge in [0.2, 0.25) is 5.95 Å². The predicted octanol–water partition coefficient (Wildman–Crippen LogP) is 6.88. The van der Waals surface area contributed by atoms with Crippen molar-refractivity contribution in [2.45, 2.75) is 72.3 Å². The second-order valence-corrected chi connectivity index (χ2v) is 11.1. The van der Waals surface area contributed by atoms with Crippen LogP contribution < -0.4 is 15.5 Å². The van der Waals surface area contributed by atoms with Gasteiger partial charge in [0.25, 0.3) is 0 Å². The van der Waals surface area contributed by atoms with E-state index in [1.807, 2.05) is 39.2 Å². The fourth-order valence-corrected chi connectivity index (χ4v) is 5.48. The number of methoxy groups -OCH3 is 1. The zero-order valence-corrected chi connectivity index (χ0v) is 26.5. The van der Waals surface area contributed by atoms with Crippen molar-refractivity contribution < 1.29 is 7.59 Å². The van der Waals surface area contributed by atoms with Crippen molar-refractivity contribution in [1.82, 2.24) is 25.2 Å². The van der Waals surface area contributed by atoms with Gasteiger partial charge < -0.3 is 25.2 Å². The number of nitrogens with one attached hydrogen (secondary N) is 2. The number of unbranched alkanes of at least 4 members (excludes halogenated alkanes) is 1. The fourth-order valence-electron chi connectivity index (χ4n) is 5.48. The third-order valence-corrected chi connectivity index (χ3v) is 7.51. The Labute approximate surface area is 250 Å². The van der Waals surface area contributed by atoms with Crippen LogP contribution in [-0.2, 0) is 23.1 Å². The van der Waals surface area contributed by atoms with E-state index in [2.05, 4.69) is 72.5 Å². The van der Waals surface area contributed by atoms with Gasteiger partial charge in [-0.15, -0.1) is 0 Å². The van der Waals surface area contributed by atoms with Gasteiger partial charge in [-0.05, 0) is 95.2 Å². The van der Waals surface area contributed by atoms with E-state index < -0.39 is 0 Å². The first kappa shape index (κ1) is 32.4. The van der Waals surface area contributed by atoms with Crippen LogP contribution in [0.25, 0.3) is 0 Å². The molecule has 0 amide bonds. The molecule has 0 spiro atoms. The fraction of sp³-hybridized carbons (Fsp3) is 0.545. The maximum Gasteiger partial charge on any atom is 0.229 e. The molecule has 1 atom stereocenters. The van der Waals surface area contributed by atoms with Crippen LogP contribution in [0.2, 0.25) is 0 Å². The number of hydrogen-bond donors (Lipinski definition) is 2. The van der Waals surface area contributed by atoms with Crippen molar-refractivity contribution in [2.24, 2.45) is 0 Å². The first-order chi connectivity index (χ1) is 19.9. The Morgan fingerprint density at radius 1 is 1.12 bits per heavy atom. The van der Waals surface area contributed by atoms with Crippen LogP contribution in [-0.4, -0.2) is 67.3 Å². The second-order valence-electron chi connectivity index (χ2n) is 11.1. The highest BCUT2D eigenvalue weighted by Crippen LogP contribution is 2.43. The molecule has 228 valence electrons. The SMILES string of the molecule is CC.CCCN(C)CCCCc1ccc(Nc2ncc3c(n2)N(c2cccc(CNC)n2)C[C@]3(C)COC)cc1C.[HH].[HH]. The number of aryl methyl sites for hydroxylation is 2. The first-order valence-corrected chi connectivity index (χ1v) is 15.2. The molecule has 4 rings (SSSR count). The van der Waals surface area contributed by atoms with Gasteiger partial charge in [0.05, 0.1) is 12.3 Å². The van der Waals surface area contributed by atoms with Gasteiger partial charge in [0.15, 0.2) is 0 Å². The zero-order valence-electron chi connectivity index (χ0n) is 26.5. The number of nitrogens with zero attached hydrogens (tertiary/aromatic N) is 5. The minimum absolute atomic E-state index is 0. The van der Waals surface area contributed by atoms with Crippen LogP contribution in [0.3, 0.4) is 0 Å². The molecule has 0 fully saturated rings. The largest absolute Gasteiger partial charge is 0.384 e. The highest BCUT2D eigenvalue weighted by molar-refractivity contribution is 5.69. The molecule has 8 heteroatoms. The molecule has 0 unspecified atom stereocenters. The van der Waals surface area contributed by atoms with E-state index in [9.17, 15) is 0 Å². The molecule has 1 aromatic carbocycles. The number of pyridine rings is 1. The van der Waals surface area contributed by atoms with Gasteiger partial charge in [-0.1, -0.05) is 39.8 Å². The van der Waals surface area contributed by atoms with Crippen molar-refractivity contribution in [1.29, 1.82) is 0 Å². The molecular formula is C33H55N7O. The highest BCUT2D eigenvalue weighted by atomic mass is 16.5. The lowest BCUT2D eigenvalue weighted by Crippen LogP contribution is -2.33. The number of ether oxygens (including phenoxy) is 1. The summed E-state index contributed by atoms with van der Waals surface area (Å²) < 4.78 is 5.61. The van der Waals surface area contributed by atoms with Crippen LogP contribution in [0.5, 0.6) is 0 Å². The molecule has 2 N–H and O–H groups in total. The van der Waals surface area contributed by atoms with Gasteiger partial charge in [-0.3, -0.25) is 0 Å². The zero-order chi connectivity index (χ0) is 29.8. The molecule has 2 aromatic heterocycles.